The standard InChI is InChI=1S/C17H21NO/c1-17(2,3)9-8-15(19)11-13-6-7-14-5-4-10-18-16(14)12-13/h4-7,10,12H,8-9,11H2,1-3H3. The molecule has 0 aliphatic rings. The summed E-state index contributed by atoms with van der Waals surface area (Å²) in [6.45, 7) is 6.50. The molecule has 19 heavy (non-hydrogen) atoms. The minimum absolute atomic E-state index is 0.223. The molecule has 2 heteroatoms. The molecule has 0 saturated heterocycles. The summed E-state index contributed by atoms with van der Waals surface area (Å²) in [7, 11) is 0. The molecule has 0 spiro atoms. The monoisotopic (exact) mass is 255 g/mol. The smallest absolute Gasteiger partial charge is 0.137 e. The quantitative estimate of drug-likeness (QED) is 0.820. The van der Waals surface area contributed by atoms with Crippen molar-refractivity contribution in [2.45, 2.75) is 40.0 Å². The number of nitrogens with zero attached hydrogens (tertiary/aromatic N) is 1. The summed E-state index contributed by atoms with van der Waals surface area (Å²) in [5.41, 5.74) is 2.24. The Hall–Kier alpha value is -1.70. The molecule has 2 aromatic rings. The SMILES string of the molecule is CC(C)(C)CCC(=O)Cc1ccc2cccnc2c1. The van der Waals surface area contributed by atoms with Crippen LogP contribution in [-0.2, 0) is 11.2 Å². The van der Waals surface area contributed by atoms with Crippen molar-refractivity contribution in [2.75, 3.05) is 0 Å². The molecule has 100 valence electrons. The first-order valence-electron chi connectivity index (χ1n) is 6.79. The lowest BCUT2D eigenvalue weighted by atomic mass is 9.88. The van der Waals surface area contributed by atoms with E-state index < -0.39 is 0 Å². The summed E-state index contributed by atoms with van der Waals surface area (Å²) in [5, 5.41) is 1.12. The highest BCUT2D eigenvalue weighted by atomic mass is 16.1. The number of carbonyl (C=O) groups is 1. The Morgan fingerprint density at radius 2 is 2.00 bits per heavy atom. The molecular weight excluding hydrogens is 234 g/mol. The Labute approximate surface area is 114 Å². The molecule has 1 aromatic carbocycles. The van der Waals surface area contributed by atoms with E-state index in [0.29, 0.717) is 18.6 Å². The zero-order valence-corrected chi connectivity index (χ0v) is 11.9. The van der Waals surface area contributed by atoms with Crippen molar-refractivity contribution in [1.82, 2.24) is 4.98 Å². The molecule has 1 heterocycles. The van der Waals surface area contributed by atoms with E-state index >= 15 is 0 Å². The molecule has 0 aliphatic carbocycles. The van der Waals surface area contributed by atoms with E-state index in [1.165, 1.54) is 0 Å². The maximum atomic E-state index is 12.0. The molecule has 2 rings (SSSR count). The van der Waals surface area contributed by atoms with Gasteiger partial charge in [-0.15, -0.1) is 0 Å². The Kier molecular flexibility index (Phi) is 3.98. The lowest BCUT2D eigenvalue weighted by Crippen LogP contribution is -2.10. The normalized spacial score (nSPS) is 11.7. The molecule has 2 nitrogen and oxygen atoms in total. The highest BCUT2D eigenvalue weighted by molar-refractivity contribution is 5.84. The fourth-order valence-electron chi connectivity index (χ4n) is 2.05. The van der Waals surface area contributed by atoms with Gasteiger partial charge in [0.2, 0.25) is 0 Å². The summed E-state index contributed by atoms with van der Waals surface area (Å²) in [6, 6.07) is 10.0. The van der Waals surface area contributed by atoms with E-state index in [1.54, 1.807) is 6.20 Å². The molecule has 0 bridgehead atoms. The molecular formula is C17H21NO. The summed E-state index contributed by atoms with van der Waals surface area (Å²) in [4.78, 5) is 16.3. The average molecular weight is 255 g/mol. The van der Waals surface area contributed by atoms with Gasteiger partial charge in [-0.25, -0.2) is 0 Å². The largest absolute Gasteiger partial charge is 0.299 e. The van der Waals surface area contributed by atoms with Crippen molar-refractivity contribution in [1.29, 1.82) is 0 Å². The number of hydrogen-bond acceptors (Lipinski definition) is 2. The highest BCUT2D eigenvalue weighted by Gasteiger charge is 2.13. The Morgan fingerprint density at radius 3 is 2.74 bits per heavy atom. The van der Waals surface area contributed by atoms with Crippen molar-refractivity contribution < 1.29 is 4.79 Å². The van der Waals surface area contributed by atoms with Gasteiger partial charge in [-0.2, -0.15) is 0 Å². The third kappa shape index (κ3) is 4.16. The second-order valence-corrected chi connectivity index (χ2v) is 6.31. The molecule has 0 aliphatic heterocycles. The van der Waals surface area contributed by atoms with E-state index in [2.05, 4.69) is 25.8 Å². The zero-order chi connectivity index (χ0) is 13.9. The van der Waals surface area contributed by atoms with Crippen molar-refractivity contribution in [3.8, 4) is 0 Å². The van der Waals surface area contributed by atoms with Crippen molar-refractivity contribution in [3.05, 3.63) is 42.1 Å². The first-order valence-corrected chi connectivity index (χ1v) is 6.79. The highest BCUT2D eigenvalue weighted by Crippen LogP contribution is 2.21. The topological polar surface area (TPSA) is 30.0 Å². The number of rotatable bonds is 4. The third-order valence-corrected chi connectivity index (χ3v) is 3.23. The minimum Gasteiger partial charge on any atom is -0.299 e. The zero-order valence-electron chi connectivity index (χ0n) is 11.9. The van der Waals surface area contributed by atoms with E-state index in [1.807, 2.05) is 30.3 Å². The van der Waals surface area contributed by atoms with Crippen LogP contribution in [0.5, 0.6) is 0 Å². The van der Waals surface area contributed by atoms with Gasteiger partial charge in [0.25, 0.3) is 0 Å². The second kappa shape index (κ2) is 5.52. The van der Waals surface area contributed by atoms with Gasteiger partial charge >= 0.3 is 0 Å². The van der Waals surface area contributed by atoms with E-state index in [0.717, 1.165) is 22.9 Å². The van der Waals surface area contributed by atoms with Crippen LogP contribution >= 0.6 is 0 Å². The van der Waals surface area contributed by atoms with E-state index in [-0.39, 0.29) is 5.41 Å². The number of hydrogen-bond donors (Lipinski definition) is 0. The molecule has 0 unspecified atom stereocenters. The number of Topliss-reactive ketones (excluding diaryl/α,β-unsaturated/α-hetero) is 1. The first kappa shape index (κ1) is 13.7. The van der Waals surface area contributed by atoms with Crippen LogP contribution in [0.3, 0.4) is 0 Å². The number of pyridine rings is 1. The van der Waals surface area contributed by atoms with Crippen LogP contribution in [0, 0.1) is 5.41 Å². The number of fused-ring (bicyclic) bond motifs is 1. The van der Waals surface area contributed by atoms with Gasteiger partial charge in [0.1, 0.15) is 5.78 Å². The van der Waals surface area contributed by atoms with Crippen LogP contribution in [0.4, 0.5) is 0 Å². The molecule has 0 atom stereocenters. The molecule has 0 radical (unpaired) electrons. The fourth-order valence-corrected chi connectivity index (χ4v) is 2.05. The first-order chi connectivity index (χ1) is 8.94. The van der Waals surface area contributed by atoms with Gasteiger partial charge in [-0.3, -0.25) is 9.78 Å². The lowest BCUT2D eigenvalue weighted by molar-refractivity contribution is -0.118. The summed E-state index contributed by atoms with van der Waals surface area (Å²) < 4.78 is 0. The molecule has 1 aromatic heterocycles. The van der Waals surface area contributed by atoms with Crippen molar-refractivity contribution in [2.24, 2.45) is 5.41 Å². The summed E-state index contributed by atoms with van der Waals surface area (Å²) in [6.07, 6.45) is 3.90. The maximum Gasteiger partial charge on any atom is 0.137 e. The van der Waals surface area contributed by atoms with Gasteiger partial charge in [-0.1, -0.05) is 39.0 Å². The van der Waals surface area contributed by atoms with Crippen LogP contribution in [0.15, 0.2) is 36.5 Å². The lowest BCUT2D eigenvalue weighted by Gasteiger charge is -2.17. The van der Waals surface area contributed by atoms with E-state index in [9.17, 15) is 4.79 Å². The average Bonchev–Trinajstić information content (AvgIpc) is 2.35. The summed E-state index contributed by atoms with van der Waals surface area (Å²) in [5.74, 6) is 0.310. The predicted octanol–water partition coefficient (Wildman–Crippen LogP) is 4.17. The molecule has 0 fully saturated rings. The van der Waals surface area contributed by atoms with Crippen molar-refractivity contribution >= 4 is 16.7 Å². The van der Waals surface area contributed by atoms with Gasteiger partial charge in [-0.05, 0) is 29.5 Å². The van der Waals surface area contributed by atoms with Crippen LogP contribution in [0.25, 0.3) is 10.9 Å². The fraction of sp³-hybridized carbons (Fsp3) is 0.412. The number of carbonyl (C=O) groups excluding carboxylic acids is 1. The minimum atomic E-state index is 0.223. The Bertz CT molecular complexity index is 581. The predicted molar refractivity (Wildman–Crippen MR) is 79.1 cm³/mol. The third-order valence-electron chi connectivity index (χ3n) is 3.23. The number of aromatic nitrogens is 1. The molecule has 0 N–H and O–H groups in total. The van der Waals surface area contributed by atoms with E-state index in [4.69, 9.17) is 0 Å². The number of benzene rings is 1. The molecule has 0 saturated carbocycles. The van der Waals surface area contributed by atoms with Gasteiger partial charge < -0.3 is 0 Å². The van der Waals surface area contributed by atoms with Gasteiger partial charge in [0.15, 0.2) is 0 Å². The Morgan fingerprint density at radius 1 is 1.21 bits per heavy atom. The maximum absolute atomic E-state index is 12.0. The Balaban J connectivity index is 2.03. The van der Waals surface area contributed by atoms with Gasteiger partial charge in [0.05, 0.1) is 5.52 Å². The summed E-state index contributed by atoms with van der Waals surface area (Å²) >= 11 is 0. The van der Waals surface area contributed by atoms with Crippen LogP contribution in [0.2, 0.25) is 0 Å². The van der Waals surface area contributed by atoms with Gasteiger partial charge in [0, 0.05) is 24.4 Å². The van der Waals surface area contributed by atoms with Crippen LogP contribution < -0.4 is 0 Å². The number of ketones is 1. The van der Waals surface area contributed by atoms with Crippen LogP contribution in [-0.4, -0.2) is 10.8 Å². The molecule has 0 amide bonds. The second-order valence-electron chi connectivity index (χ2n) is 6.31. The van der Waals surface area contributed by atoms with Crippen molar-refractivity contribution in [3.63, 3.8) is 0 Å². The van der Waals surface area contributed by atoms with Crippen LogP contribution in [0.1, 0.15) is 39.2 Å².